The molecule has 16 heavy (non-hydrogen) atoms. The van der Waals surface area contributed by atoms with Crippen molar-refractivity contribution in [2.45, 2.75) is 43.9 Å². The molecule has 0 aliphatic heterocycles. The summed E-state index contributed by atoms with van der Waals surface area (Å²) in [6.45, 7) is 2.07. The fraction of sp³-hybridized carbons (Fsp3) is 0.615. The molecule has 2 rings (SSSR count). The molecule has 0 radical (unpaired) electrons. The van der Waals surface area contributed by atoms with E-state index >= 15 is 0 Å². The summed E-state index contributed by atoms with van der Waals surface area (Å²) < 4.78 is 0. The molecule has 1 aromatic rings. The predicted molar refractivity (Wildman–Crippen MR) is 72.2 cm³/mol. The molecule has 0 spiro atoms. The summed E-state index contributed by atoms with van der Waals surface area (Å²) in [6, 6.07) is 4.82. The quantitative estimate of drug-likeness (QED) is 0.869. The number of thioether (sulfide) groups is 1. The van der Waals surface area contributed by atoms with Crippen LogP contribution in [0.2, 0.25) is 0 Å². The van der Waals surface area contributed by atoms with Gasteiger partial charge in [0.25, 0.3) is 0 Å². The van der Waals surface area contributed by atoms with Gasteiger partial charge in [-0.1, -0.05) is 6.07 Å². The van der Waals surface area contributed by atoms with E-state index in [1.807, 2.05) is 18.0 Å². The van der Waals surface area contributed by atoms with Gasteiger partial charge >= 0.3 is 0 Å². The van der Waals surface area contributed by atoms with Crippen LogP contribution in [0.1, 0.15) is 31.2 Å². The highest BCUT2D eigenvalue weighted by molar-refractivity contribution is 7.99. The highest BCUT2D eigenvalue weighted by atomic mass is 32.2. The van der Waals surface area contributed by atoms with Crippen molar-refractivity contribution in [3.63, 3.8) is 0 Å². The zero-order valence-electron chi connectivity index (χ0n) is 10.1. The third kappa shape index (κ3) is 3.14. The number of rotatable bonds is 3. The third-order valence-corrected chi connectivity index (χ3v) is 4.41. The number of anilines is 1. The minimum absolute atomic E-state index is 0.624. The molecule has 1 N–H and O–H groups in total. The van der Waals surface area contributed by atoms with Crippen molar-refractivity contribution in [1.29, 1.82) is 0 Å². The highest BCUT2D eigenvalue weighted by Crippen LogP contribution is 2.28. The summed E-state index contributed by atoms with van der Waals surface area (Å²) >= 11 is 2.01. The van der Waals surface area contributed by atoms with E-state index in [-0.39, 0.29) is 0 Å². The molecule has 3 heteroatoms. The highest BCUT2D eigenvalue weighted by Gasteiger charge is 2.20. The predicted octanol–water partition coefficient (Wildman–Crippen LogP) is 3.48. The van der Waals surface area contributed by atoms with Gasteiger partial charge in [0.15, 0.2) is 0 Å². The number of aromatic nitrogens is 1. The summed E-state index contributed by atoms with van der Waals surface area (Å²) in [5.41, 5.74) is 1.22. The lowest BCUT2D eigenvalue weighted by Crippen LogP contribution is -2.27. The summed E-state index contributed by atoms with van der Waals surface area (Å²) in [5.74, 6) is 1.03. The Hall–Kier alpha value is -0.700. The van der Waals surface area contributed by atoms with Crippen LogP contribution in [0.25, 0.3) is 0 Å². The minimum atomic E-state index is 0.624. The molecular formula is C13H20N2S. The van der Waals surface area contributed by atoms with Gasteiger partial charge in [0.2, 0.25) is 0 Å². The lowest BCUT2D eigenvalue weighted by Gasteiger charge is -2.28. The molecule has 0 aromatic carbocycles. The Kier molecular flexibility index (Phi) is 4.10. The number of pyridine rings is 1. The van der Waals surface area contributed by atoms with E-state index in [9.17, 15) is 0 Å². The van der Waals surface area contributed by atoms with Gasteiger partial charge < -0.3 is 5.32 Å². The first-order valence-corrected chi connectivity index (χ1v) is 7.28. The van der Waals surface area contributed by atoms with Crippen LogP contribution in [-0.4, -0.2) is 22.5 Å². The lowest BCUT2D eigenvalue weighted by atomic mass is 9.95. The van der Waals surface area contributed by atoms with E-state index in [0.29, 0.717) is 6.04 Å². The first kappa shape index (κ1) is 11.8. The largest absolute Gasteiger partial charge is 0.367 e. The zero-order chi connectivity index (χ0) is 11.4. The Bertz CT molecular complexity index is 315. The van der Waals surface area contributed by atoms with Crippen LogP contribution < -0.4 is 5.32 Å². The third-order valence-electron chi connectivity index (χ3n) is 3.27. The van der Waals surface area contributed by atoms with Crippen LogP contribution in [-0.2, 0) is 0 Å². The second kappa shape index (κ2) is 5.58. The van der Waals surface area contributed by atoms with E-state index in [0.717, 1.165) is 11.1 Å². The van der Waals surface area contributed by atoms with Crippen LogP contribution >= 0.6 is 11.8 Å². The van der Waals surface area contributed by atoms with Crippen molar-refractivity contribution in [3.8, 4) is 0 Å². The Labute approximate surface area is 102 Å². The molecule has 1 heterocycles. The maximum Gasteiger partial charge on any atom is 0.126 e. The van der Waals surface area contributed by atoms with Crippen molar-refractivity contribution in [1.82, 2.24) is 4.98 Å². The van der Waals surface area contributed by atoms with Gasteiger partial charge in [-0.2, -0.15) is 11.8 Å². The molecule has 1 aliphatic carbocycles. The molecule has 1 aliphatic rings. The maximum absolute atomic E-state index is 4.40. The molecular weight excluding hydrogens is 216 g/mol. The minimum Gasteiger partial charge on any atom is -0.367 e. The lowest BCUT2D eigenvalue weighted by molar-refractivity contribution is 0.472. The fourth-order valence-electron chi connectivity index (χ4n) is 2.21. The van der Waals surface area contributed by atoms with Crippen molar-refractivity contribution in [2.75, 3.05) is 11.6 Å². The molecule has 1 fully saturated rings. The molecule has 0 unspecified atom stereocenters. The Morgan fingerprint density at radius 3 is 2.56 bits per heavy atom. The maximum atomic E-state index is 4.40. The Morgan fingerprint density at radius 2 is 2.00 bits per heavy atom. The van der Waals surface area contributed by atoms with Crippen molar-refractivity contribution in [3.05, 3.63) is 23.9 Å². The van der Waals surface area contributed by atoms with E-state index in [2.05, 4.69) is 35.6 Å². The molecule has 0 amide bonds. The van der Waals surface area contributed by atoms with Gasteiger partial charge in [0.05, 0.1) is 0 Å². The second-order valence-electron chi connectivity index (χ2n) is 4.57. The van der Waals surface area contributed by atoms with E-state index in [1.165, 1.54) is 31.2 Å². The average Bonchev–Trinajstić information content (AvgIpc) is 2.33. The average molecular weight is 236 g/mol. The molecule has 88 valence electrons. The Balaban J connectivity index is 1.84. The van der Waals surface area contributed by atoms with Crippen molar-refractivity contribution in [2.24, 2.45) is 0 Å². The monoisotopic (exact) mass is 236 g/mol. The second-order valence-corrected chi connectivity index (χ2v) is 5.71. The van der Waals surface area contributed by atoms with Gasteiger partial charge in [-0.15, -0.1) is 0 Å². The first-order chi connectivity index (χ1) is 7.78. The first-order valence-electron chi connectivity index (χ1n) is 6.00. The number of hydrogen-bond donors (Lipinski definition) is 1. The summed E-state index contributed by atoms with van der Waals surface area (Å²) in [7, 11) is 0. The van der Waals surface area contributed by atoms with Gasteiger partial charge in [-0.25, -0.2) is 4.98 Å². The van der Waals surface area contributed by atoms with E-state index in [4.69, 9.17) is 0 Å². The van der Waals surface area contributed by atoms with Crippen LogP contribution in [0.4, 0.5) is 5.82 Å². The van der Waals surface area contributed by atoms with Crippen molar-refractivity contribution >= 4 is 17.6 Å². The van der Waals surface area contributed by atoms with Crippen LogP contribution in [0.3, 0.4) is 0 Å². The van der Waals surface area contributed by atoms with Crippen molar-refractivity contribution < 1.29 is 0 Å². The number of nitrogens with one attached hydrogen (secondary N) is 1. The van der Waals surface area contributed by atoms with Gasteiger partial charge in [-0.05, 0) is 50.5 Å². The zero-order valence-corrected chi connectivity index (χ0v) is 10.9. The Morgan fingerprint density at radius 1 is 1.25 bits per heavy atom. The molecule has 2 nitrogen and oxygen atoms in total. The topological polar surface area (TPSA) is 24.9 Å². The summed E-state index contributed by atoms with van der Waals surface area (Å²) in [5, 5.41) is 4.41. The summed E-state index contributed by atoms with van der Waals surface area (Å²) in [6.07, 6.45) is 9.38. The number of hydrogen-bond acceptors (Lipinski definition) is 3. The molecule has 0 atom stereocenters. The fourth-order valence-corrected chi connectivity index (χ4v) is 2.95. The molecule has 0 bridgehead atoms. The van der Waals surface area contributed by atoms with Gasteiger partial charge in [0, 0.05) is 17.5 Å². The smallest absolute Gasteiger partial charge is 0.126 e. The van der Waals surface area contributed by atoms with E-state index in [1.54, 1.807) is 0 Å². The number of nitrogens with zero attached hydrogens (tertiary/aromatic N) is 1. The molecule has 1 saturated carbocycles. The number of aryl methyl sites for hydroxylation is 1. The van der Waals surface area contributed by atoms with Crippen LogP contribution in [0, 0.1) is 6.92 Å². The summed E-state index contributed by atoms with van der Waals surface area (Å²) in [4.78, 5) is 4.40. The normalized spacial score (nSPS) is 25.4. The van der Waals surface area contributed by atoms with Gasteiger partial charge in [-0.3, -0.25) is 0 Å². The SMILES string of the molecule is CSC1CCC(Nc2ccc(C)cn2)CC1. The van der Waals surface area contributed by atoms with E-state index < -0.39 is 0 Å². The van der Waals surface area contributed by atoms with Gasteiger partial charge in [0.1, 0.15) is 5.82 Å². The standard InChI is InChI=1S/C13H20N2S/c1-10-3-8-13(14-9-10)15-11-4-6-12(16-2)7-5-11/h3,8-9,11-12H,4-7H2,1-2H3,(H,14,15). The molecule has 1 aromatic heterocycles. The van der Waals surface area contributed by atoms with Crippen LogP contribution in [0.5, 0.6) is 0 Å². The molecule has 0 saturated heterocycles. The van der Waals surface area contributed by atoms with Crippen LogP contribution in [0.15, 0.2) is 18.3 Å².